The molecule has 2 heterocycles. The third kappa shape index (κ3) is 0.985. The van der Waals surface area contributed by atoms with Gasteiger partial charge in [-0.05, 0) is 18.2 Å². The Morgan fingerprint density at radius 2 is 1.87 bits per heavy atom. The largest absolute Gasteiger partial charge is 0.281 e. The second kappa shape index (κ2) is 2.63. The fourth-order valence-electron chi connectivity index (χ4n) is 1.75. The van der Waals surface area contributed by atoms with Crippen LogP contribution in [0.3, 0.4) is 0 Å². The number of hydrogen-bond acceptors (Lipinski definition) is 3. The standard InChI is InChI=1S/C11H6N2O2/c14-10-6-5-9-12-11(15)7-3-1-2-4-8(7)13(9)10/h1-6H. The van der Waals surface area contributed by atoms with Gasteiger partial charge in [0.05, 0.1) is 10.9 Å². The number of rotatable bonds is 0. The molecule has 0 unspecified atom stereocenters. The van der Waals surface area contributed by atoms with E-state index in [1.807, 2.05) is 0 Å². The molecule has 15 heavy (non-hydrogen) atoms. The fraction of sp³-hybridized carbons (Fsp3) is 0. The molecular weight excluding hydrogens is 192 g/mol. The molecule has 0 saturated heterocycles. The van der Waals surface area contributed by atoms with Crippen LogP contribution >= 0.6 is 0 Å². The van der Waals surface area contributed by atoms with Crippen molar-refractivity contribution in [1.82, 2.24) is 9.55 Å². The molecule has 2 aromatic rings. The molecule has 1 aliphatic rings. The van der Waals surface area contributed by atoms with E-state index in [2.05, 4.69) is 4.98 Å². The van der Waals surface area contributed by atoms with E-state index >= 15 is 0 Å². The van der Waals surface area contributed by atoms with Crippen molar-refractivity contribution in [2.75, 3.05) is 0 Å². The van der Waals surface area contributed by atoms with Gasteiger partial charge < -0.3 is 0 Å². The Labute approximate surface area is 84.5 Å². The van der Waals surface area contributed by atoms with Gasteiger partial charge in [-0.2, -0.15) is 4.98 Å². The number of carbonyl (C=O) groups excluding carboxylic acids is 1. The van der Waals surface area contributed by atoms with Gasteiger partial charge in [0.2, 0.25) is 0 Å². The molecule has 0 atom stereocenters. The van der Waals surface area contributed by atoms with E-state index in [1.165, 1.54) is 10.6 Å². The topological polar surface area (TPSA) is 52.0 Å². The number of fused-ring (bicyclic) bond motifs is 3. The molecule has 0 saturated carbocycles. The minimum absolute atomic E-state index is 0.159. The maximum absolute atomic E-state index is 11.6. The number of benzene rings is 1. The molecule has 0 fully saturated rings. The average Bonchev–Trinajstić information content (AvgIpc) is 2.61. The van der Waals surface area contributed by atoms with E-state index in [1.54, 1.807) is 30.3 Å². The van der Waals surface area contributed by atoms with Crippen LogP contribution in [0, 0.1) is 0 Å². The van der Waals surface area contributed by atoms with Crippen LogP contribution in [0.5, 0.6) is 0 Å². The van der Waals surface area contributed by atoms with Crippen molar-refractivity contribution in [2.45, 2.75) is 0 Å². The van der Waals surface area contributed by atoms with Crippen LogP contribution in [0.1, 0.15) is 10.6 Å². The quantitative estimate of drug-likeness (QED) is 0.636. The highest BCUT2D eigenvalue weighted by Crippen LogP contribution is 2.16. The summed E-state index contributed by atoms with van der Waals surface area (Å²) in [7, 11) is 0. The van der Waals surface area contributed by atoms with Gasteiger partial charge in [0.1, 0.15) is 5.82 Å². The van der Waals surface area contributed by atoms with Gasteiger partial charge in [0, 0.05) is 6.08 Å². The first-order chi connectivity index (χ1) is 7.27. The molecule has 3 rings (SSSR count). The summed E-state index contributed by atoms with van der Waals surface area (Å²) in [5.74, 6) is 0.248. The van der Waals surface area contributed by atoms with Crippen LogP contribution in [0.25, 0.3) is 17.0 Å². The lowest BCUT2D eigenvalue weighted by atomic mass is 10.2. The molecule has 1 aliphatic heterocycles. The highest BCUT2D eigenvalue weighted by molar-refractivity contribution is 6.03. The molecule has 1 aromatic heterocycles. The highest BCUT2D eigenvalue weighted by atomic mass is 16.2. The molecule has 1 aromatic carbocycles. The van der Waals surface area contributed by atoms with E-state index in [9.17, 15) is 9.59 Å². The Bertz CT molecular complexity index is 668. The van der Waals surface area contributed by atoms with Crippen molar-refractivity contribution < 1.29 is 4.79 Å². The Balaban J connectivity index is 2.60. The fourth-order valence-corrected chi connectivity index (χ4v) is 1.75. The minimum atomic E-state index is -0.295. The highest BCUT2D eigenvalue weighted by Gasteiger charge is 2.16. The summed E-state index contributed by atoms with van der Waals surface area (Å²) in [6.45, 7) is 0. The van der Waals surface area contributed by atoms with Crippen molar-refractivity contribution in [2.24, 2.45) is 0 Å². The number of carbonyl (C=O) groups is 1. The number of para-hydroxylation sites is 1. The number of aromatic nitrogens is 2. The van der Waals surface area contributed by atoms with Gasteiger partial charge in [0.15, 0.2) is 0 Å². The number of hydrogen-bond donors (Lipinski definition) is 0. The second-order valence-electron chi connectivity index (χ2n) is 3.30. The zero-order chi connectivity index (χ0) is 10.4. The number of nitrogens with zero attached hydrogens (tertiary/aromatic N) is 2. The lowest BCUT2D eigenvalue weighted by Gasteiger charge is -2.05. The second-order valence-corrected chi connectivity index (χ2v) is 3.30. The lowest BCUT2D eigenvalue weighted by Crippen LogP contribution is -2.17. The van der Waals surface area contributed by atoms with Gasteiger partial charge in [-0.15, -0.1) is 0 Å². The molecule has 0 bridgehead atoms. The average molecular weight is 198 g/mol. The molecular formula is C11H6N2O2. The van der Waals surface area contributed by atoms with Gasteiger partial charge >= 0.3 is 0 Å². The summed E-state index contributed by atoms with van der Waals surface area (Å²) in [5, 5.41) is 0.471. The summed E-state index contributed by atoms with van der Waals surface area (Å²) in [6.07, 6.45) is 2.96. The van der Waals surface area contributed by atoms with Crippen LogP contribution in [0.4, 0.5) is 0 Å². The van der Waals surface area contributed by atoms with E-state index in [0.717, 1.165) is 0 Å². The SMILES string of the molecule is O=C1C=Cc2nc(=O)c3ccccc3n21. The van der Waals surface area contributed by atoms with Crippen LogP contribution in [0.2, 0.25) is 0 Å². The van der Waals surface area contributed by atoms with E-state index < -0.39 is 0 Å². The normalized spacial score (nSPS) is 13.5. The Kier molecular flexibility index (Phi) is 1.42. The smallest absolute Gasteiger partial charge is 0.269 e. The Morgan fingerprint density at radius 3 is 2.73 bits per heavy atom. The van der Waals surface area contributed by atoms with Gasteiger partial charge in [-0.1, -0.05) is 12.1 Å². The van der Waals surface area contributed by atoms with Crippen LogP contribution in [-0.4, -0.2) is 15.5 Å². The Morgan fingerprint density at radius 1 is 1.07 bits per heavy atom. The zero-order valence-corrected chi connectivity index (χ0v) is 7.68. The molecule has 0 N–H and O–H groups in total. The summed E-state index contributed by atoms with van der Waals surface area (Å²) in [5.41, 5.74) is 0.318. The first-order valence-corrected chi connectivity index (χ1v) is 4.51. The van der Waals surface area contributed by atoms with Crippen molar-refractivity contribution in [3.8, 4) is 0 Å². The monoisotopic (exact) mass is 198 g/mol. The first-order valence-electron chi connectivity index (χ1n) is 4.51. The first kappa shape index (κ1) is 8.11. The third-order valence-electron chi connectivity index (χ3n) is 2.42. The molecule has 0 amide bonds. The van der Waals surface area contributed by atoms with Gasteiger partial charge in [0.25, 0.3) is 11.5 Å². The lowest BCUT2D eigenvalue weighted by molar-refractivity contribution is 0.0977. The number of allylic oxidation sites excluding steroid dienone is 1. The van der Waals surface area contributed by atoms with Crippen molar-refractivity contribution in [1.29, 1.82) is 0 Å². The minimum Gasteiger partial charge on any atom is -0.269 e. The summed E-state index contributed by atoms with van der Waals surface area (Å²) in [6, 6.07) is 6.96. The van der Waals surface area contributed by atoms with Gasteiger partial charge in [-0.3, -0.25) is 14.2 Å². The van der Waals surface area contributed by atoms with Crippen LogP contribution < -0.4 is 5.56 Å². The summed E-state index contributed by atoms with van der Waals surface area (Å²) < 4.78 is 1.44. The predicted octanol–water partition coefficient (Wildman–Crippen LogP) is 1.06. The van der Waals surface area contributed by atoms with E-state index in [0.29, 0.717) is 16.7 Å². The van der Waals surface area contributed by atoms with Crippen molar-refractivity contribution in [3.63, 3.8) is 0 Å². The summed E-state index contributed by atoms with van der Waals surface area (Å²) >= 11 is 0. The third-order valence-corrected chi connectivity index (χ3v) is 2.42. The Hall–Kier alpha value is -2.23. The predicted molar refractivity (Wildman–Crippen MR) is 55.7 cm³/mol. The summed E-state index contributed by atoms with van der Waals surface area (Å²) in [4.78, 5) is 26.9. The van der Waals surface area contributed by atoms with Crippen molar-refractivity contribution >= 4 is 22.9 Å². The molecule has 4 nitrogen and oxygen atoms in total. The molecule has 0 aliphatic carbocycles. The molecule has 0 spiro atoms. The van der Waals surface area contributed by atoms with Gasteiger partial charge in [-0.25, -0.2) is 0 Å². The zero-order valence-electron chi connectivity index (χ0n) is 7.68. The van der Waals surface area contributed by atoms with Crippen LogP contribution in [0.15, 0.2) is 35.1 Å². The van der Waals surface area contributed by atoms with Crippen molar-refractivity contribution in [3.05, 3.63) is 46.5 Å². The molecule has 72 valence electrons. The van der Waals surface area contributed by atoms with E-state index in [4.69, 9.17) is 0 Å². The van der Waals surface area contributed by atoms with Crippen LogP contribution in [-0.2, 0) is 0 Å². The van der Waals surface area contributed by atoms with E-state index in [-0.39, 0.29) is 11.5 Å². The molecule has 0 radical (unpaired) electrons. The molecule has 4 heteroatoms. The maximum atomic E-state index is 11.6. The maximum Gasteiger partial charge on any atom is 0.281 e.